The third-order valence-corrected chi connectivity index (χ3v) is 3.25. The third-order valence-electron chi connectivity index (χ3n) is 2.16. The fraction of sp³-hybridized carbons (Fsp3) is 0.375. The number of carbonyl (C=O) groups is 1. The van der Waals surface area contributed by atoms with Gasteiger partial charge in [-0.05, 0) is 64.8 Å². The first-order valence-electron chi connectivity index (χ1n) is 6.47. The van der Waals surface area contributed by atoms with Crippen LogP contribution in [0.2, 0.25) is 0 Å². The second-order valence-corrected chi connectivity index (χ2v) is 6.22. The molecule has 3 nitrogen and oxygen atoms in total. The highest BCUT2D eigenvalue weighted by molar-refractivity contribution is 7.97. The second kappa shape index (κ2) is 7.22. The summed E-state index contributed by atoms with van der Waals surface area (Å²) in [6.45, 7) is 9.25. The molecule has 1 rings (SSSR count). The van der Waals surface area contributed by atoms with Crippen LogP contribution in [0.3, 0.4) is 0 Å². The molecule has 20 heavy (non-hydrogen) atoms. The number of hydrogen-bond donors (Lipinski definition) is 0. The number of rotatable bonds is 3. The van der Waals surface area contributed by atoms with E-state index < -0.39 is 11.7 Å². The predicted molar refractivity (Wildman–Crippen MR) is 83.3 cm³/mol. The maximum absolute atomic E-state index is 12.3. The van der Waals surface area contributed by atoms with Crippen LogP contribution in [-0.4, -0.2) is 16.0 Å². The molecule has 1 aromatic carbocycles. The molecule has 0 N–H and O–H groups in total. The van der Waals surface area contributed by atoms with Crippen LogP contribution in [0.15, 0.2) is 52.7 Å². The molecular weight excluding hydrogens is 270 g/mol. The average Bonchev–Trinajstić information content (AvgIpc) is 2.35. The van der Waals surface area contributed by atoms with Crippen molar-refractivity contribution in [1.82, 2.24) is 4.31 Å². The van der Waals surface area contributed by atoms with Crippen molar-refractivity contribution in [2.45, 2.75) is 45.1 Å². The van der Waals surface area contributed by atoms with Crippen LogP contribution >= 0.6 is 11.9 Å². The van der Waals surface area contributed by atoms with Gasteiger partial charge in [0, 0.05) is 4.90 Å². The van der Waals surface area contributed by atoms with Crippen LogP contribution in [0.5, 0.6) is 0 Å². The van der Waals surface area contributed by atoms with Gasteiger partial charge < -0.3 is 4.74 Å². The number of allylic oxidation sites excluding steroid dienone is 1. The summed E-state index contributed by atoms with van der Waals surface area (Å²) in [4.78, 5) is 13.3. The standard InChI is InChI=1S/C16H21NO2S/c1-6-10-13(2)17(15(18)19-16(3,4)5)20-14-11-8-7-9-12-14/h6-9,11-12H,1-5H3. The van der Waals surface area contributed by atoms with Crippen molar-refractivity contribution in [3.8, 4) is 0 Å². The Morgan fingerprint density at radius 3 is 2.40 bits per heavy atom. The lowest BCUT2D eigenvalue weighted by Crippen LogP contribution is -2.31. The minimum absolute atomic E-state index is 0.391. The Balaban J connectivity index is 2.98. The van der Waals surface area contributed by atoms with E-state index in [-0.39, 0.29) is 0 Å². The predicted octanol–water partition coefficient (Wildman–Crippen LogP) is 5.01. The van der Waals surface area contributed by atoms with Gasteiger partial charge in [0.1, 0.15) is 5.60 Å². The van der Waals surface area contributed by atoms with Gasteiger partial charge in [0.05, 0.1) is 5.70 Å². The molecule has 1 aromatic rings. The van der Waals surface area contributed by atoms with Crippen molar-refractivity contribution in [3.63, 3.8) is 0 Å². The normalized spacial score (nSPS) is 10.4. The summed E-state index contributed by atoms with van der Waals surface area (Å²) in [7, 11) is 0. The van der Waals surface area contributed by atoms with Crippen molar-refractivity contribution in [2.75, 3.05) is 0 Å². The van der Waals surface area contributed by atoms with E-state index in [9.17, 15) is 4.79 Å². The van der Waals surface area contributed by atoms with E-state index in [4.69, 9.17) is 4.74 Å². The van der Waals surface area contributed by atoms with E-state index in [0.29, 0.717) is 5.70 Å². The van der Waals surface area contributed by atoms with Crippen LogP contribution in [0.4, 0.5) is 4.79 Å². The molecule has 4 heteroatoms. The van der Waals surface area contributed by atoms with Crippen LogP contribution in [0.25, 0.3) is 0 Å². The van der Waals surface area contributed by atoms with Crippen molar-refractivity contribution < 1.29 is 9.53 Å². The first kappa shape index (κ1) is 16.4. The van der Waals surface area contributed by atoms with Gasteiger partial charge in [0.15, 0.2) is 0 Å². The van der Waals surface area contributed by atoms with Crippen LogP contribution in [0, 0.1) is 0 Å². The zero-order valence-electron chi connectivity index (χ0n) is 12.6. The van der Waals surface area contributed by atoms with E-state index in [1.165, 1.54) is 16.3 Å². The van der Waals surface area contributed by atoms with Gasteiger partial charge in [-0.3, -0.25) is 0 Å². The molecule has 0 aliphatic heterocycles. The summed E-state index contributed by atoms with van der Waals surface area (Å²) in [5.74, 6) is 0. The maximum Gasteiger partial charge on any atom is 0.425 e. The number of ether oxygens (including phenoxy) is 1. The largest absolute Gasteiger partial charge is 0.443 e. The smallest absolute Gasteiger partial charge is 0.425 e. The van der Waals surface area contributed by atoms with Crippen molar-refractivity contribution >= 4 is 18.0 Å². The summed E-state index contributed by atoms with van der Waals surface area (Å²) in [5.41, 5.74) is 3.21. The Morgan fingerprint density at radius 1 is 1.30 bits per heavy atom. The molecule has 0 saturated carbocycles. The zero-order chi connectivity index (χ0) is 15.2. The molecule has 0 aliphatic rings. The minimum atomic E-state index is -0.525. The Hall–Kier alpha value is -1.64. The van der Waals surface area contributed by atoms with Gasteiger partial charge in [-0.15, -0.1) is 5.73 Å². The first-order chi connectivity index (χ1) is 9.33. The minimum Gasteiger partial charge on any atom is -0.443 e. The fourth-order valence-corrected chi connectivity index (χ4v) is 2.19. The number of nitrogens with zero attached hydrogens (tertiary/aromatic N) is 1. The number of carbonyl (C=O) groups excluding carboxylic acids is 1. The third kappa shape index (κ3) is 5.55. The molecule has 108 valence electrons. The summed E-state index contributed by atoms with van der Waals surface area (Å²) >= 11 is 1.32. The van der Waals surface area contributed by atoms with E-state index in [1.54, 1.807) is 6.08 Å². The van der Waals surface area contributed by atoms with E-state index >= 15 is 0 Å². The molecule has 0 bridgehead atoms. The Morgan fingerprint density at radius 2 is 1.90 bits per heavy atom. The summed E-state index contributed by atoms with van der Waals surface area (Å²) < 4.78 is 6.95. The number of benzene rings is 1. The fourth-order valence-electron chi connectivity index (χ4n) is 1.40. The molecular formula is C16H21NO2S. The molecule has 0 aliphatic carbocycles. The first-order valence-corrected chi connectivity index (χ1v) is 7.25. The highest BCUT2D eigenvalue weighted by Gasteiger charge is 2.24. The molecule has 0 heterocycles. The van der Waals surface area contributed by atoms with Crippen molar-refractivity contribution in [1.29, 1.82) is 0 Å². The summed E-state index contributed by atoms with van der Waals surface area (Å²) in [6.07, 6.45) is 1.39. The average molecular weight is 291 g/mol. The molecule has 0 aromatic heterocycles. The highest BCUT2D eigenvalue weighted by atomic mass is 32.2. The quantitative estimate of drug-likeness (QED) is 0.579. The van der Waals surface area contributed by atoms with Gasteiger partial charge in [0.25, 0.3) is 0 Å². The number of hydrogen-bond acceptors (Lipinski definition) is 3. The zero-order valence-corrected chi connectivity index (χ0v) is 13.5. The summed E-state index contributed by atoms with van der Waals surface area (Å²) in [5, 5.41) is 0. The Kier molecular flexibility index (Phi) is 5.93. The van der Waals surface area contributed by atoms with Crippen molar-refractivity contribution in [2.24, 2.45) is 0 Å². The molecule has 0 radical (unpaired) electrons. The lowest BCUT2D eigenvalue weighted by Gasteiger charge is -2.26. The van der Waals surface area contributed by atoms with E-state index in [2.05, 4.69) is 5.73 Å². The van der Waals surface area contributed by atoms with Crippen LogP contribution in [0.1, 0.15) is 34.6 Å². The summed E-state index contributed by atoms with van der Waals surface area (Å²) in [6, 6.07) is 9.71. The van der Waals surface area contributed by atoms with Crippen LogP contribution < -0.4 is 0 Å². The van der Waals surface area contributed by atoms with E-state index in [0.717, 1.165) is 4.90 Å². The van der Waals surface area contributed by atoms with Gasteiger partial charge in [-0.2, -0.15) is 0 Å². The highest BCUT2D eigenvalue weighted by Crippen LogP contribution is 2.28. The molecule has 0 atom stereocenters. The Bertz CT molecular complexity index is 511. The Labute approximate surface area is 125 Å². The molecule has 0 spiro atoms. The SMILES string of the molecule is CC=C=C(C)N(Sc1ccccc1)C(=O)OC(C)(C)C. The molecule has 0 saturated heterocycles. The van der Waals surface area contributed by atoms with Gasteiger partial charge in [-0.1, -0.05) is 18.2 Å². The van der Waals surface area contributed by atoms with Gasteiger partial charge >= 0.3 is 6.09 Å². The van der Waals surface area contributed by atoms with Gasteiger partial charge in [-0.25, -0.2) is 9.10 Å². The van der Waals surface area contributed by atoms with Crippen LogP contribution in [-0.2, 0) is 4.74 Å². The second-order valence-electron chi connectivity index (χ2n) is 5.20. The maximum atomic E-state index is 12.3. The molecule has 1 amide bonds. The van der Waals surface area contributed by atoms with E-state index in [1.807, 2.05) is 65.0 Å². The monoisotopic (exact) mass is 291 g/mol. The molecule has 0 unspecified atom stereocenters. The topological polar surface area (TPSA) is 29.5 Å². The number of amides is 1. The van der Waals surface area contributed by atoms with Gasteiger partial charge in [0.2, 0.25) is 0 Å². The lowest BCUT2D eigenvalue weighted by atomic mass is 10.2. The molecule has 0 fully saturated rings. The van der Waals surface area contributed by atoms with Crippen molar-refractivity contribution in [3.05, 3.63) is 47.8 Å². The lowest BCUT2D eigenvalue weighted by molar-refractivity contribution is 0.0441.